The topological polar surface area (TPSA) is 55.9 Å². The van der Waals surface area contributed by atoms with Gasteiger partial charge in [0.05, 0.1) is 0 Å². The molecule has 0 aromatic carbocycles. The summed E-state index contributed by atoms with van der Waals surface area (Å²) in [5.41, 5.74) is 0. The molecular formula is C26H60N4O2. The van der Waals surface area contributed by atoms with Crippen molar-refractivity contribution in [1.29, 1.82) is 0 Å². The van der Waals surface area contributed by atoms with E-state index in [2.05, 4.69) is 39.9 Å². The van der Waals surface area contributed by atoms with Gasteiger partial charge >= 0.3 is 12.1 Å². The molecule has 6 heteroatoms. The van der Waals surface area contributed by atoms with Crippen LogP contribution in [0, 0.1) is 5.92 Å². The van der Waals surface area contributed by atoms with E-state index in [0.717, 1.165) is 5.92 Å². The Morgan fingerprint density at radius 3 is 1.31 bits per heavy atom. The van der Waals surface area contributed by atoms with Gasteiger partial charge in [0.25, 0.3) is 0 Å². The Bertz CT molecular complexity index is 411. The molecule has 1 N–H and O–H groups in total. The number of carbonyl (C=O) groups excluding carboxylic acids is 2. The summed E-state index contributed by atoms with van der Waals surface area (Å²) in [6.07, 6.45) is 4.97. The summed E-state index contributed by atoms with van der Waals surface area (Å²) in [7, 11) is 0. The Hall–Kier alpha value is -1.46. The van der Waals surface area contributed by atoms with Crippen LogP contribution in [0.1, 0.15) is 123 Å². The lowest BCUT2D eigenvalue weighted by atomic mass is 10.1. The fraction of sp³-hybridized carbons (Fsp3) is 0.923. The minimum atomic E-state index is -0.190. The van der Waals surface area contributed by atoms with Gasteiger partial charge in [-0.3, -0.25) is 0 Å². The maximum Gasteiger partial charge on any atom is 0.323 e. The highest BCUT2D eigenvalue weighted by molar-refractivity contribution is 5.85. The van der Waals surface area contributed by atoms with Crippen molar-refractivity contribution in [2.24, 2.45) is 5.92 Å². The zero-order valence-corrected chi connectivity index (χ0v) is 24.3. The predicted molar refractivity (Wildman–Crippen MR) is 143 cm³/mol. The van der Waals surface area contributed by atoms with Crippen LogP contribution in [0.25, 0.3) is 0 Å². The molecule has 2 fully saturated rings. The third-order valence-electron chi connectivity index (χ3n) is 5.20. The number of carbonyl (C=O) groups is 2. The van der Waals surface area contributed by atoms with Gasteiger partial charge in [0.1, 0.15) is 12.3 Å². The molecule has 0 aliphatic carbocycles. The number of urea groups is 2. The Morgan fingerprint density at radius 2 is 1.06 bits per heavy atom. The molecule has 2 heterocycles. The van der Waals surface area contributed by atoms with Crippen LogP contribution in [0.2, 0.25) is 0 Å². The lowest BCUT2D eigenvalue weighted by Crippen LogP contribution is -2.46. The summed E-state index contributed by atoms with van der Waals surface area (Å²) in [6.45, 7) is 30.8. The molecule has 0 aromatic rings. The van der Waals surface area contributed by atoms with Crippen molar-refractivity contribution in [2.45, 2.75) is 135 Å². The molecule has 0 radical (unpaired) electrons. The van der Waals surface area contributed by atoms with E-state index in [1.807, 2.05) is 62.3 Å². The summed E-state index contributed by atoms with van der Waals surface area (Å²) in [4.78, 5) is 28.9. The van der Waals surface area contributed by atoms with E-state index in [1.54, 1.807) is 14.7 Å². The number of nitrogens with zero attached hydrogens (tertiary/aromatic N) is 3. The minimum absolute atomic E-state index is 0.0125. The first-order chi connectivity index (χ1) is 15.4. The number of nitrogens with one attached hydrogen (secondary N) is 1. The normalized spacial score (nSPS) is 17.8. The van der Waals surface area contributed by atoms with Crippen LogP contribution in [0.3, 0.4) is 0 Å². The van der Waals surface area contributed by atoms with E-state index >= 15 is 0 Å². The molecule has 2 aliphatic heterocycles. The molecular weight excluding hydrogens is 400 g/mol. The Morgan fingerprint density at radius 1 is 0.688 bits per heavy atom. The third-order valence-corrected chi connectivity index (χ3v) is 5.20. The standard InChI is InChI=1S/C10H18N4O2.C6H14.C4H10.3C2H6/c1-4-12-7-8(14(6-3)10(12)16)13(5-2)9(15)11-7;1-4-6(3)5-2;1-3-4-2;3*1-2/h7-8H,4-6H2,1-3H3,(H,11,15);6H,4-5H2,1-3H3;3-4H2,1-2H3;3*1-2H3. The molecule has 4 amide bonds. The van der Waals surface area contributed by atoms with Crippen LogP contribution < -0.4 is 5.32 Å². The highest BCUT2D eigenvalue weighted by Gasteiger charge is 2.53. The predicted octanol–water partition coefficient (Wildman–Crippen LogP) is 7.79. The zero-order chi connectivity index (χ0) is 26.3. The first-order valence-corrected chi connectivity index (χ1v) is 13.5. The van der Waals surface area contributed by atoms with Crippen LogP contribution in [-0.4, -0.2) is 58.7 Å². The summed E-state index contributed by atoms with van der Waals surface area (Å²) in [6, 6.07) is -0.0691. The second-order valence-electron chi connectivity index (χ2n) is 6.87. The SMILES string of the molecule is CC.CC.CC.CCC(C)CC.CCCC.CCN1C(=O)N(CC)C2C1NC(=O)N2CC. The molecule has 2 unspecified atom stereocenters. The number of unbranched alkanes of at least 4 members (excludes halogenated alkanes) is 1. The van der Waals surface area contributed by atoms with E-state index in [-0.39, 0.29) is 24.4 Å². The van der Waals surface area contributed by atoms with Crippen molar-refractivity contribution in [3.05, 3.63) is 0 Å². The second-order valence-corrected chi connectivity index (χ2v) is 6.87. The second kappa shape index (κ2) is 25.8. The van der Waals surface area contributed by atoms with Crippen molar-refractivity contribution in [2.75, 3.05) is 19.6 Å². The van der Waals surface area contributed by atoms with E-state index in [1.165, 1.54) is 25.7 Å². The fourth-order valence-corrected chi connectivity index (χ4v) is 2.82. The van der Waals surface area contributed by atoms with E-state index in [9.17, 15) is 9.59 Å². The van der Waals surface area contributed by atoms with Gasteiger partial charge in [0.2, 0.25) is 0 Å². The van der Waals surface area contributed by atoms with Crippen LogP contribution in [0.4, 0.5) is 9.59 Å². The third kappa shape index (κ3) is 12.5. The maximum absolute atomic E-state index is 12.0. The van der Waals surface area contributed by atoms with Gasteiger partial charge in [-0.1, -0.05) is 102 Å². The molecule has 6 nitrogen and oxygen atoms in total. The van der Waals surface area contributed by atoms with Crippen LogP contribution in [0.5, 0.6) is 0 Å². The molecule has 2 saturated heterocycles. The van der Waals surface area contributed by atoms with E-state index < -0.39 is 0 Å². The number of amides is 4. The van der Waals surface area contributed by atoms with E-state index in [0.29, 0.717) is 19.6 Å². The first kappa shape index (κ1) is 37.8. The van der Waals surface area contributed by atoms with Crippen LogP contribution in [-0.2, 0) is 0 Å². The van der Waals surface area contributed by atoms with Crippen molar-refractivity contribution in [1.82, 2.24) is 20.0 Å². The Kier molecular flexibility index (Phi) is 30.5. The number of hydrogen-bond acceptors (Lipinski definition) is 2. The van der Waals surface area contributed by atoms with Crippen LogP contribution in [0.15, 0.2) is 0 Å². The average Bonchev–Trinajstić information content (AvgIpc) is 3.32. The van der Waals surface area contributed by atoms with Gasteiger partial charge in [-0.25, -0.2) is 9.59 Å². The smallest absolute Gasteiger partial charge is 0.314 e. The zero-order valence-electron chi connectivity index (χ0n) is 24.3. The van der Waals surface area contributed by atoms with Gasteiger partial charge in [-0.2, -0.15) is 0 Å². The van der Waals surface area contributed by atoms with Gasteiger partial charge in [0, 0.05) is 19.6 Å². The summed E-state index contributed by atoms with van der Waals surface area (Å²) < 4.78 is 0. The molecule has 2 atom stereocenters. The molecule has 2 aliphatic rings. The van der Waals surface area contributed by atoms with Gasteiger partial charge in [0.15, 0.2) is 0 Å². The lowest BCUT2D eigenvalue weighted by molar-refractivity contribution is 0.136. The Labute approximate surface area is 202 Å². The largest absolute Gasteiger partial charge is 0.323 e. The van der Waals surface area contributed by atoms with Crippen molar-refractivity contribution in [3.63, 3.8) is 0 Å². The fourth-order valence-electron chi connectivity index (χ4n) is 2.82. The number of likely N-dealkylation sites (N-methyl/N-ethyl adjacent to an activating group) is 3. The highest BCUT2D eigenvalue weighted by atomic mass is 16.2. The number of fused-ring (bicyclic) bond motifs is 1. The molecule has 196 valence electrons. The Balaban J connectivity index is -0.000000205. The quantitative estimate of drug-likeness (QED) is 0.440. The van der Waals surface area contributed by atoms with Crippen molar-refractivity contribution in [3.8, 4) is 0 Å². The monoisotopic (exact) mass is 460 g/mol. The minimum Gasteiger partial charge on any atom is -0.314 e. The molecule has 0 bridgehead atoms. The van der Waals surface area contributed by atoms with E-state index in [4.69, 9.17) is 0 Å². The summed E-state index contributed by atoms with van der Waals surface area (Å²) >= 11 is 0. The van der Waals surface area contributed by atoms with Crippen molar-refractivity contribution < 1.29 is 9.59 Å². The molecule has 2 rings (SSSR count). The summed E-state index contributed by atoms with van der Waals surface area (Å²) in [5.74, 6) is 0.935. The molecule has 0 spiro atoms. The molecule has 0 aromatic heterocycles. The van der Waals surface area contributed by atoms with Gasteiger partial charge in [-0.05, 0) is 26.7 Å². The van der Waals surface area contributed by atoms with Gasteiger partial charge < -0.3 is 20.0 Å². The number of rotatable bonds is 6. The van der Waals surface area contributed by atoms with Gasteiger partial charge in [-0.15, -0.1) is 0 Å². The molecule has 32 heavy (non-hydrogen) atoms. The average molecular weight is 461 g/mol. The summed E-state index contributed by atoms with van der Waals surface area (Å²) in [5, 5.41) is 2.86. The van der Waals surface area contributed by atoms with Crippen molar-refractivity contribution >= 4 is 12.1 Å². The highest BCUT2D eigenvalue weighted by Crippen LogP contribution is 2.28. The molecule has 0 saturated carbocycles. The van der Waals surface area contributed by atoms with Crippen LogP contribution >= 0.6 is 0 Å². The first-order valence-electron chi connectivity index (χ1n) is 13.5. The number of hydrogen-bond donors (Lipinski definition) is 1. The maximum atomic E-state index is 12.0. The lowest BCUT2D eigenvalue weighted by Gasteiger charge is -2.27.